The van der Waals surface area contributed by atoms with Crippen molar-refractivity contribution >= 4 is 11.7 Å². The Morgan fingerprint density at radius 2 is 1.66 bits per heavy atom. The molecular formula is C25H34N4O3. The molecule has 0 spiro atoms. The van der Waals surface area contributed by atoms with Crippen molar-refractivity contribution in [2.45, 2.75) is 25.8 Å². The first-order chi connectivity index (χ1) is 15.6. The molecule has 1 aliphatic heterocycles. The van der Waals surface area contributed by atoms with Crippen molar-refractivity contribution in [3.63, 3.8) is 0 Å². The van der Waals surface area contributed by atoms with Crippen molar-refractivity contribution in [1.29, 1.82) is 0 Å². The lowest BCUT2D eigenvalue weighted by Gasteiger charge is -2.26. The van der Waals surface area contributed by atoms with Crippen LogP contribution in [-0.2, 0) is 6.54 Å². The number of hydrogen-bond donors (Lipinski definition) is 4. The Kier molecular flexibility index (Phi) is 9.68. The van der Waals surface area contributed by atoms with Gasteiger partial charge in [0.1, 0.15) is 5.75 Å². The number of amides is 1. The SMILES string of the molecule is O=C(CNCCN1CCCCC1)c1cccc(C(=O)NCCNCc2ccccc2O)c1. The molecule has 1 fully saturated rings. The molecule has 2 aromatic rings. The van der Waals surface area contributed by atoms with Gasteiger partial charge in [0, 0.05) is 49.4 Å². The second-order valence-electron chi connectivity index (χ2n) is 8.14. The second kappa shape index (κ2) is 13.0. The molecule has 172 valence electrons. The second-order valence-corrected chi connectivity index (χ2v) is 8.14. The summed E-state index contributed by atoms with van der Waals surface area (Å²) in [4.78, 5) is 27.4. The standard InChI is InChI=1S/C25H34N4O3/c30-23-10-3-2-7-22(23)18-26-11-12-28-25(32)21-9-6-8-20(17-21)24(31)19-27-13-16-29-14-4-1-5-15-29/h2-3,6-10,17,26-27,30H,1,4-5,11-16,18-19H2,(H,28,32). The highest BCUT2D eigenvalue weighted by Crippen LogP contribution is 2.14. The van der Waals surface area contributed by atoms with E-state index in [1.54, 1.807) is 36.4 Å². The molecular weight excluding hydrogens is 404 g/mol. The fourth-order valence-electron chi connectivity index (χ4n) is 3.81. The first kappa shape index (κ1) is 23.9. The zero-order valence-electron chi connectivity index (χ0n) is 18.6. The first-order valence-electron chi connectivity index (χ1n) is 11.5. The quantitative estimate of drug-likeness (QED) is 0.300. The van der Waals surface area contributed by atoms with Crippen molar-refractivity contribution in [3.8, 4) is 5.75 Å². The number of ketones is 1. The lowest BCUT2D eigenvalue weighted by atomic mass is 10.1. The van der Waals surface area contributed by atoms with E-state index in [1.165, 1.54) is 19.3 Å². The van der Waals surface area contributed by atoms with Gasteiger partial charge in [-0.2, -0.15) is 0 Å². The summed E-state index contributed by atoms with van der Waals surface area (Å²) in [7, 11) is 0. The number of hydrogen-bond acceptors (Lipinski definition) is 6. The minimum Gasteiger partial charge on any atom is -0.508 e. The number of aromatic hydroxyl groups is 1. The van der Waals surface area contributed by atoms with Crippen LogP contribution >= 0.6 is 0 Å². The molecule has 1 amide bonds. The topological polar surface area (TPSA) is 93.7 Å². The third kappa shape index (κ3) is 7.75. The average Bonchev–Trinajstić information content (AvgIpc) is 2.83. The van der Waals surface area contributed by atoms with Gasteiger partial charge in [0.15, 0.2) is 5.78 Å². The average molecular weight is 439 g/mol. The molecule has 7 heteroatoms. The van der Waals surface area contributed by atoms with Crippen LogP contribution in [0.25, 0.3) is 0 Å². The zero-order chi connectivity index (χ0) is 22.6. The zero-order valence-corrected chi connectivity index (χ0v) is 18.6. The highest BCUT2D eigenvalue weighted by Gasteiger charge is 2.12. The molecule has 1 aliphatic rings. The number of phenols is 1. The van der Waals surface area contributed by atoms with E-state index in [9.17, 15) is 14.7 Å². The molecule has 0 unspecified atom stereocenters. The van der Waals surface area contributed by atoms with E-state index in [2.05, 4.69) is 20.9 Å². The minimum atomic E-state index is -0.206. The summed E-state index contributed by atoms with van der Waals surface area (Å²) in [6.07, 6.45) is 3.85. The Balaban J connectivity index is 1.35. The monoisotopic (exact) mass is 438 g/mol. The summed E-state index contributed by atoms with van der Waals surface area (Å²) in [6, 6.07) is 14.0. The van der Waals surface area contributed by atoms with Crippen molar-refractivity contribution in [2.24, 2.45) is 0 Å². The van der Waals surface area contributed by atoms with Crippen molar-refractivity contribution in [1.82, 2.24) is 20.9 Å². The predicted octanol–water partition coefficient (Wildman–Crippen LogP) is 2.17. The van der Waals surface area contributed by atoms with Gasteiger partial charge in [-0.05, 0) is 44.1 Å². The van der Waals surface area contributed by atoms with Crippen molar-refractivity contribution < 1.29 is 14.7 Å². The number of benzene rings is 2. The van der Waals surface area contributed by atoms with Crippen molar-refractivity contribution in [3.05, 3.63) is 65.2 Å². The normalized spacial score (nSPS) is 14.2. The number of piperidine rings is 1. The molecule has 0 aromatic heterocycles. The number of carbonyl (C=O) groups excluding carboxylic acids is 2. The molecule has 0 bridgehead atoms. The number of carbonyl (C=O) groups is 2. The molecule has 3 rings (SSSR count). The van der Waals surface area contributed by atoms with Gasteiger partial charge in [-0.3, -0.25) is 9.59 Å². The Morgan fingerprint density at radius 3 is 2.47 bits per heavy atom. The molecule has 0 aliphatic carbocycles. The third-order valence-electron chi connectivity index (χ3n) is 5.68. The van der Waals surface area contributed by atoms with E-state index in [4.69, 9.17) is 0 Å². The van der Waals surface area contributed by atoms with Crippen LogP contribution in [-0.4, -0.2) is 67.5 Å². The summed E-state index contributed by atoms with van der Waals surface area (Å²) in [6.45, 7) is 5.87. The molecule has 1 heterocycles. The van der Waals surface area contributed by atoms with E-state index in [0.29, 0.717) is 30.8 Å². The van der Waals surface area contributed by atoms with E-state index < -0.39 is 0 Å². The van der Waals surface area contributed by atoms with E-state index in [0.717, 1.165) is 31.7 Å². The lowest BCUT2D eigenvalue weighted by Crippen LogP contribution is -2.37. The van der Waals surface area contributed by atoms with Gasteiger partial charge in [0.2, 0.25) is 0 Å². The fraction of sp³-hybridized carbons (Fsp3) is 0.440. The molecule has 0 radical (unpaired) electrons. The maximum atomic E-state index is 12.5. The largest absolute Gasteiger partial charge is 0.508 e. The maximum absolute atomic E-state index is 12.5. The van der Waals surface area contributed by atoms with Gasteiger partial charge in [-0.1, -0.05) is 36.8 Å². The van der Waals surface area contributed by atoms with Gasteiger partial charge in [-0.15, -0.1) is 0 Å². The van der Waals surface area contributed by atoms with Gasteiger partial charge in [0.05, 0.1) is 6.54 Å². The number of Topliss-reactive ketones (excluding diaryl/α,β-unsaturated/α-hetero) is 1. The number of rotatable bonds is 12. The van der Waals surface area contributed by atoms with Crippen LogP contribution in [0.2, 0.25) is 0 Å². The van der Waals surface area contributed by atoms with Crippen LogP contribution < -0.4 is 16.0 Å². The Labute approximate surface area is 190 Å². The summed E-state index contributed by atoms with van der Waals surface area (Å²) >= 11 is 0. The van der Waals surface area contributed by atoms with Crippen LogP contribution in [0.15, 0.2) is 48.5 Å². The summed E-state index contributed by atoms with van der Waals surface area (Å²) < 4.78 is 0. The van der Waals surface area contributed by atoms with Crippen LogP contribution in [0, 0.1) is 0 Å². The Bertz CT molecular complexity index is 881. The summed E-state index contributed by atoms with van der Waals surface area (Å²) in [5.41, 5.74) is 1.83. The number of para-hydroxylation sites is 1. The van der Waals surface area contributed by atoms with Crippen LogP contribution in [0.4, 0.5) is 0 Å². The van der Waals surface area contributed by atoms with Crippen LogP contribution in [0.5, 0.6) is 5.75 Å². The van der Waals surface area contributed by atoms with Crippen molar-refractivity contribution in [2.75, 3.05) is 45.8 Å². The highest BCUT2D eigenvalue weighted by atomic mass is 16.3. The van der Waals surface area contributed by atoms with Gasteiger partial charge in [-0.25, -0.2) is 0 Å². The molecule has 7 nitrogen and oxygen atoms in total. The van der Waals surface area contributed by atoms with E-state index in [-0.39, 0.29) is 24.0 Å². The number of nitrogens with one attached hydrogen (secondary N) is 3. The third-order valence-corrected chi connectivity index (χ3v) is 5.68. The molecule has 0 saturated carbocycles. The summed E-state index contributed by atoms with van der Waals surface area (Å²) in [5, 5.41) is 19.0. The number of nitrogens with zero attached hydrogens (tertiary/aromatic N) is 1. The lowest BCUT2D eigenvalue weighted by molar-refractivity contribution is 0.0954. The molecule has 4 N–H and O–H groups in total. The number of phenolic OH excluding ortho intramolecular Hbond substituents is 1. The van der Waals surface area contributed by atoms with E-state index in [1.807, 2.05) is 12.1 Å². The van der Waals surface area contributed by atoms with Gasteiger partial charge >= 0.3 is 0 Å². The molecule has 1 saturated heterocycles. The number of likely N-dealkylation sites (tertiary alicyclic amines) is 1. The highest BCUT2D eigenvalue weighted by molar-refractivity contribution is 6.01. The van der Waals surface area contributed by atoms with Crippen LogP contribution in [0.3, 0.4) is 0 Å². The molecule has 0 atom stereocenters. The fourth-order valence-corrected chi connectivity index (χ4v) is 3.81. The first-order valence-corrected chi connectivity index (χ1v) is 11.5. The maximum Gasteiger partial charge on any atom is 0.251 e. The van der Waals surface area contributed by atoms with Gasteiger partial charge in [0.25, 0.3) is 5.91 Å². The molecule has 2 aromatic carbocycles. The predicted molar refractivity (Wildman–Crippen MR) is 126 cm³/mol. The molecule has 32 heavy (non-hydrogen) atoms. The van der Waals surface area contributed by atoms with Gasteiger partial charge < -0.3 is 26.0 Å². The smallest absolute Gasteiger partial charge is 0.251 e. The van der Waals surface area contributed by atoms with E-state index >= 15 is 0 Å². The Morgan fingerprint density at radius 1 is 0.875 bits per heavy atom. The summed E-state index contributed by atoms with van der Waals surface area (Å²) in [5.74, 6) is 0.0381. The van der Waals surface area contributed by atoms with Crippen LogP contribution in [0.1, 0.15) is 45.5 Å². The Hall–Kier alpha value is -2.74. The minimum absolute atomic E-state index is 0.0115.